The molecular formula is C14H29N3O. The van der Waals surface area contributed by atoms with Gasteiger partial charge in [-0.15, -0.1) is 0 Å². The van der Waals surface area contributed by atoms with Crippen molar-refractivity contribution in [3.63, 3.8) is 0 Å². The van der Waals surface area contributed by atoms with Gasteiger partial charge in [0.25, 0.3) is 0 Å². The molecule has 0 aromatic rings. The number of amides is 1. The lowest BCUT2D eigenvalue weighted by Gasteiger charge is -2.28. The van der Waals surface area contributed by atoms with Crippen LogP contribution in [0, 0.1) is 11.8 Å². The second kappa shape index (κ2) is 7.10. The first-order valence-corrected chi connectivity index (χ1v) is 7.14. The summed E-state index contributed by atoms with van der Waals surface area (Å²) >= 11 is 0. The van der Waals surface area contributed by atoms with Crippen molar-refractivity contribution in [1.29, 1.82) is 0 Å². The van der Waals surface area contributed by atoms with Crippen molar-refractivity contribution in [2.45, 2.75) is 40.2 Å². The molecule has 0 bridgehead atoms. The molecule has 4 heteroatoms. The SMILES string of the molecule is CC(C)CN(CC(C)C)C(=O)CN1CC[C@H](N)C1. The first-order valence-electron chi connectivity index (χ1n) is 7.14. The van der Waals surface area contributed by atoms with Crippen molar-refractivity contribution >= 4 is 5.91 Å². The third kappa shape index (κ3) is 5.36. The van der Waals surface area contributed by atoms with Crippen LogP contribution >= 0.6 is 0 Å². The van der Waals surface area contributed by atoms with E-state index in [1.807, 2.05) is 4.90 Å². The Hall–Kier alpha value is -0.610. The molecule has 0 aromatic carbocycles. The van der Waals surface area contributed by atoms with Gasteiger partial charge in [0, 0.05) is 32.2 Å². The molecule has 0 aromatic heterocycles. The number of nitrogens with zero attached hydrogens (tertiary/aromatic N) is 2. The largest absolute Gasteiger partial charge is 0.341 e. The number of carbonyl (C=O) groups is 1. The summed E-state index contributed by atoms with van der Waals surface area (Å²) in [6.45, 7) is 12.7. The summed E-state index contributed by atoms with van der Waals surface area (Å²) in [4.78, 5) is 16.5. The lowest BCUT2D eigenvalue weighted by molar-refractivity contribution is -0.133. The van der Waals surface area contributed by atoms with Crippen LogP contribution in [0.3, 0.4) is 0 Å². The number of nitrogens with two attached hydrogens (primary N) is 1. The van der Waals surface area contributed by atoms with Crippen LogP contribution in [0.1, 0.15) is 34.1 Å². The molecule has 18 heavy (non-hydrogen) atoms. The van der Waals surface area contributed by atoms with E-state index in [2.05, 4.69) is 32.6 Å². The van der Waals surface area contributed by atoms with Crippen LogP contribution in [0.5, 0.6) is 0 Å². The molecule has 0 unspecified atom stereocenters. The Morgan fingerprint density at radius 2 is 1.83 bits per heavy atom. The molecule has 1 aliphatic rings. The minimum absolute atomic E-state index is 0.251. The van der Waals surface area contributed by atoms with Crippen LogP contribution in [0.2, 0.25) is 0 Å². The van der Waals surface area contributed by atoms with Gasteiger partial charge in [0.2, 0.25) is 5.91 Å². The molecule has 1 amide bonds. The third-order valence-corrected chi connectivity index (χ3v) is 3.19. The van der Waals surface area contributed by atoms with E-state index < -0.39 is 0 Å². The van der Waals surface area contributed by atoms with E-state index in [1.165, 1.54) is 0 Å². The van der Waals surface area contributed by atoms with E-state index in [9.17, 15) is 4.79 Å². The summed E-state index contributed by atoms with van der Waals surface area (Å²) in [5.41, 5.74) is 5.87. The molecular weight excluding hydrogens is 226 g/mol. The van der Waals surface area contributed by atoms with Crippen LogP contribution in [-0.2, 0) is 4.79 Å². The number of likely N-dealkylation sites (tertiary alicyclic amines) is 1. The zero-order chi connectivity index (χ0) is 13.7. The molecule has 1 heterocycles. The first-order chi connectivity index (χ1) is 8.38. The minimum atomic E-state index is 0.251. The Morgan fingerprint density at radius 1 is 1.28 bits per heavy atom. The highest BCUT2D eigenvalue weighted by atomic mass is 16.2. The molecule has 1 saturated heterocycles. The fourth-order valence-electron chi connectivity index (χ4n) is 2.46. The predicted molar refractivity (Wildman–Crippen MR) is 75.3 cm³/mol. The van der Waals surface area contributed by atoms with Crippen LogP contribution in [-0.4, -0.2) is 54.5 Å². The normalized spacial score (nSPS) is 20.9. The minimum Gasteiger partial charge on any atom is -0.341 e. The van der Waals surface area contributed by atoms with Gasteiger partial charge < -0.3 is 10.6 Å². The summed E-state index contributed by atoms with van der Waals surface area (Å²) < 4.78 is 0. The maximum atomic E-state index is 12.3. The highest BCUT2D eigenvalue weighted by Crippen LogP contribution is 2.09. The average Bonchev–Trinajstić information content (AvgIpc) is 2.61. The fourth-order valence-corrected chi connectivity index (χ4v) is 2.46. The maximum Gasteiger partial charge on any atom is 0.236 e. The van der Waals surface area contributed by atoms with Crippen molar-refractivity contribution in [1.82, 2.24) is 9.80 Å². The topological polar surface area (TPSA) is 49.6 Å². The van der Waals surface area contributed by atoms with E-state index in [4.69, 9.17) is 5.73 Å². The van der Waals surface area contributed by atoms with Crippen LogP contribution in [0.4, 0.5) is 0 Å². The van der Waals surface area contributed by atoms with Gasteiger partial charge in [-0.2, -0.15) is 0 Å². The number of hydrogen-bond acceptors (Lipinski definition) is 3. The Bertz CT molecular complexity index is 256. The van der Waals surface area contributed by atoms with Crippen LogP contribution in [0.25, 0.3) is 0 Å². The number of carbonyl (C=O) groups excluding carboxylic acids is 1. The van der Waals surface area contributed by atoms with Crippen LogP contribution < -0.4 is 5.73 Å². The lowest BCUT2D eigenvalue weighted by atomic mass is 10.1. The standard InChI is InChI=1S/C14H29N3O/c1-11(2)7-17(8-12(3)4)14(18)10-16-6-5-13(15)9-16/h11-13H,5-10,15H2,1-4H3/t13-/m0/s1. The number of rotatable bonds is 6. The summed E-state index contributed by atoms with van der Waals surface area (Å²) in [5, 5.41) is 0. The maximum absolute atomic E-state index is 12.3. The van der Waals surface area contributed by atoms with E-state index in [0.717, 1.165) is 32.6 Å². The quantitative estimate of drug-likeness (QED) is 0.775. The smallest absolute Gasteiger partial charge is 0.236 e. The predicted octanol–water partition coefficient (Wildman–Crippen LogP) is 1.16. The Morgan fingerprint density at radius 3 is 2.22 bits per heavy atom. The first kappa shape index (κ1) is 15.4. The van der Waals surface area contributed by atoms with Crippen LogP contribution in [0.15, 0.2) is 0 Å². The molecule has 0 spiro atoms. The summed E-state index contributed by atoms with van der Waals surface area (Å²) in [6, 6.07) is 0.251. The van der Waals surface area contributed by atoms with Crippen molar-refractivity contribution < 1.29 is 4.79 Å². The van der Waals surface area contributed by atoms with E-state index in [-0.39, 0.29) is 11.9 Å². The molecule has 2 N–H and O–H groups in total. The highest BCUT2D eigenvalue weighted by molar-refractivity contribution is 5.78. The van der Waals surface area contributed by atoms with Gasteiger partial charge in [0.05, 0.1) is 6.54 Å². The summed E-state index contributed by atoms with van der Waals surface area (Å²) in [7, 11) is 0. The molecule has 1 atom stereocenters. The van der Waals surface area contributed by atoms with Crippen molar-refractivity contribution in [3.8, 4) is 0 Å². The van der Waals surface area contributed by atoms with E-state index in [0.29, 0.717) is 18.4 Å². The van der Waals surface area contributed by atoms with E-state index in [1.54, 1.807) is 0 Å². The molecule has 4 nitrogen and oxygen atoms in total. The van der Waals surface area contributed by atoms with Gasteiger partial charge in [0.15, 0.2) is 0 Å². The molecule has 0 aliphatic carbocycles. The zero-order valence-corrected chi connectivity index (χ0v) is 12.4. The van der Waals surface area contributed by atoms with Crippen molar-refractivity contribution in [3.05, 3.63) is 0 Å². The summed E-state index contributed by atoms with van der Waals surface area (Å²) in [6.07, 6.45) is 1.02. The molecule has 0 radical (unpaired) electrons. The Labute approximate surface area is 111 Å². The molecule has 1 fully saturated rings. The highest BCUT2D eigenvalue weighted by Gasteiger charge is 2.24. The zero-order valence-electron chi connectivity index (χ0n) is 12.4. The molecule has 0 saturated carbocycles. The number of hydrogen-bond donors (Lipinski definition) is 1. The Balaban J connectivity index is 2.47. The van der Waals surface area contributed by atoms with Gasteiger partial charge in [-0.1, -0.05) is 27.7 Å². The second-order valence-corrected chi connectivity index (χ2v) is 6.37. The van der Waals surface area contributed by atoms with Gasteiger partial charge in [0.1, 0.15) is 0 Å². The Kier molecular flexibility index (Phi) is 6.09. The van der Waals surface area contributed by atoms with Gasteiger partial charge in [-0.25, -0.2) is 0 Å². The summed E-state index contributed by atoms with van der Waals surface area (Å²) in [5.74, 6) is 1.30. The average molecular weight is 255 g/mol. The van der Waals surface area contributed by atoms with Gasteiger partial charge in [-0.05, 0) is 18.3 Å². The van der Waals surface area contributed by atoms with Crippen molar-refractivity contribution in [2.75, 3.05) is 32.7 Å². The monoisotopic (exact) mass is 255 g/mol. The fraction of sp³-hybridized carbons (Fsp3) is 0.929. The molecule has 106 valence electrons. The van der Waals surface area contributed by atoms with Gasteiger partial charge in [-0.3, -0.25) is 9.69 Å². The second-order valence-electron chi connectivity index (χ2n) is 6.37. The molecule has 1 rings (SSSR count). The van der Waals surface area contributed by atoms with Crippen molar-refractivity contribution in [2.24, 2.45) is 17.6 Å². The van der Waals surface area contributed by atoms with Gasteiger partial charge >= 0.3 is 0 Å². The third-order valence-electron chi connectivity index (χ3n) is 3.19. The van der Waals surface area contributed by atoms with E-state index >= 15 is 0 Å². The lowest BCUT2D eigenvalue weighted by Crippen LogP contribution is -2.43. The molecule has 1 aliphatic heterocycles.